The number of hydrogen-bond donors (Lipinski definition) is 1. The predicted octanol–water partition coefficient (Wildman–Crippen LogP) is 2.18. The van der Waals surface area contributed by atoms with Gasteiger partial charge in [0.1, 0.15) is 11.6 Å². The maximum Gasteiger partial charge on any atom is 0.375 e. The summed E-state index contributed by atoms with van der Waals surface area (Å²) in [6.45, 7) is 1.59. The Morgan fingerprint density at radius 3 is 2.82 bits per heavy atom. The minimum absolute atomic E-state index is 0.321. The Kier molecular flexibility index (Phi) is 2.93. The van der Waals surface area contributed by atoms with Crippen molar-refractivity contribution in [2.24, 2.45) is 0 Å². The fourth-order valence-corrected chi connectivity index (χ4v) is 1.77. The molecule has 0 fully saturated rings. The van der Waals surface area contributed by atoms with Gasteiger partial charge in [-0.25, -0.2) is 18.9 Å². The number of aryl methyl sites for hydroxylation is 1. The first-order valence-corrected chi connectivity index (χ1v) is 5.40. The molecule has 1 aromatic heterocycles. The number of carboxylic acids is 1. The van der Waals surface area contributed by atoms with Gasteiger partial charge in [-0.15, -0.1) is 5.10 Å². The molecule has 0 aliphatic rings. The van der Waals surface area contributed by atoms with Gasteiger partial charge in [0.2, 0.25) is 0 Å². The summed E-state index contributed by atoms with van der Waals surface area (Å²) in [5, 5.41) is 12.6. The zero-order valence-electron chi connectivity index (χ0n) is 8.69. The summed E-state index contributed by atoms with van der Waals surface area (Å²) in [4.78, 5) is 14.5. The van der Waals surface area contributed by atoms with Crippen LogP contribution in [0.3, 0.4) is 0 Å². The monoisotopic (exact) mass is 299 g/mol. The van der Waals surface area contributed by atoms with Crippen LogP contribution in [0.25, 0.3) is 5.69 Å². The van der Waals surface area contributed by atoms with Gasteiger partial charge in [-0.1, -0.05) is 0 Å². The van der Waals surface area contributed by atoms with Crippen molar-refractivity contribution < 1.29 is 14.3 Å². The molecule has 88 valence electrons. The number of hydrogen-bond acceptors (Lipinski definition) is 3. The fraction of sp³-hybridized carbons (Fsp3) is 0.100. The van der Waals surface area contributed by atoms with Crippen LogP contribution in [0.2, 0.25) is 0 Å². The maximum absolute atomic E-state index is 13.1. The molecular weight excluding hydrogens is 293 g/mol. The largest absolute Gasteiger partial charge is 0.475 e. The molecule has 1 heterocycles. The summed E-state index contributed by atoms with van der Waals surface area (Å²) in [6.07, 6.45) is 0. The molecule has 0 bridgehead atoms. The van der Waals surface area contributed by atoms with Gasteiger partial charge in [0.05, 0.1) is 5.69 Å². The second-order valence-corrected chi connectivity index (χ2v) is 4.15. The number of carbonyl (C=O) groups is 1. The molecule has 2 aromatic rings. The van der Waals surface area contributed by atoms with Crippen molar-refractivity contribution in [3.05, 3.63) is 40.1 Å². The SMILES string of the molecule is Cc1nc(C(=O)O)nn1-c1cc(F)ccc1Br. The lowest BCUT2D eigenvalue weighted by atomic mass is 10.3. The van der Waals surface area contributed by atoms with Crippen LogP contribution in [0.15, 0.2) is 22.7 Å². The Morgan fingerprint density at radius 1 is 1.53 bits per heavy atom. The second-order valence-electron chi connectivity index (χ2n) is 3.30. The van der Waals surface area contributed by atoms with Crippen LogP contribution in [0, 0.1) is 12.7 Å². The van der Waals surface area contributed by atoms with Crippen LogP contribution in [0.4, 0.5) is 4.39 Å². The zero-order chi connectivity index (χ0) is 12.6. The van der Waals surface area contributed by atoms with Crippen molar-refractivity contribution >= 4 is 21.9 Å². The van der Waals surface area contributed by atoms with E-state index in [1.807, 2.05) is 0 Å². The van der Waals surface area contributed by atoms with Crippen LogP contribution >= 0.6 is 15.9 Å². The van der Waals surface area contributed by atoms with E-state index in [1.54, 1.807) is 6.92 Å². The smallest absolute Gasteiger partial charge is 0.375 e. The van der Waals surface area contributed by atoms with Crippen LogP contribution in [0.5, 0.6) is 0 Å². The quantitative estimate of drug-likeness (QED) is 0.923. The van der Waals surface area contributed by atoms with Gasteiger partial charge in [0, 0.05) is 10.5 Å². The van der Waals surface area contributed by atoms with Gasteiger partial charge in [-0.3, -0.25) is 0 Å². The molecule has 0 aliphatic heterocycles. The molecule has 17 heavy (non-hydrogen) atoms. The van der Waals surface area contributed by atoms with Crippen LogP contribution in [-0.4, -0.2) is 25.8 Å². The third-order valence-corrected chi connectivity index (χ3v) is 2.77. The number of aromatic carboxylic acids is 1. The fourth-order valence-electron chi connectivity index (χ4n) is 1.36. The van der Waals surface area contributed by atoms with E-state index >= 15 is 0 Å². The van der Waals surface area contributed by atoms with Crippen molar-refractivity contribution in [1.82, 2.24) is 14.8 Å². The number of carboxylic acid groups (broad SMARTS) is 1. The summed E-state index contributed by atoms with van der Waals surface area (Å²) < 4.78 is 15.0. The molecule has 0 saturated carbocycles. The van der Waals surface area contributed by atoms with E-state index in [4.69, 9.17) is 5.11 Å². The van der Waals surface area contributed by atoms with Gasteiger partial charge in [0.25, 0.3) is 5.82 Å². The van der Waals surface area contributed by atoms with E-state index in [2.05, 4.69) is 26.0 Å². The third-order valence-electron chi connectivity index (χ3n) is 2.10. The molecule has 1 N–H and O–H groups in total. The Morgan fingerprint density at radius 2 is 2.24 bits per heavy atom. The highest BCUT2D eigenvalue weighted by Crippen LogP contribution is 2.22. The predicted molar refractivity (Wildman–Crippen MR) is 60.7 cm³/mol. The Balaban J connectivity index is 2.60. The van der Waals surface area contributed by atoms with E-state index < -0.39 is 11.8 Å². The first kappa shape index (κ1) is 11.7. The van der Waals surface area contributed by atoms with Crippen LogP contribution < -0.4 is 0 Å². The van der Waals surface area contributed by atoms with E-state index in [1.165, 1.54) is 22.9 Å². The van der Waals surface area contributed by atoms with Crippen LogP contribution in [-0.2, 0) is 0 Å². The van der Waals surface area contributed by atoms with Gasteiger partial charge in [-0.2, -0.15) is 0 Å². The van der Waals surface area contributed by atoms with Crippen molar-refractivity contribution in [2.75, 3.05) is 0 Å². The van der Waals surface area contributed by atoms with Gasteiger partial charge >= 0.3 is 5.97 Å². The number of rotatable bonds is 2. The van der Waals surface area contributed by atoms with E-state index in [0.29, 0.717) is 16.0 Å². The average molecular weight is 300 g/mol. The summed E-state index contributed by atoms with van der Waals surface area (Å²) in [5.41, 5.74) is 0.405. The molecule has 5 nitrogen and oxygen atoms in total. The van der Waals surface area contributed by atoms with Gasteiger partial charge in [-0.05, 0) is 35.0 Å². The molecule has 0 atom stereocenters. The first-order chi connectivity index (χ1) is 7.99. The summed E-state index contributed by atoms with van der Waals surface area (Å²) >= 11 is 3.24. The van der Waals surface area contributed by atoms with Crippen LogP contribution in [0.1, 0.15) is 16.4 Å². The molecule has 0 unspecified atom stereocenters. The van der Waals surface area contributed by atoms with E-state index in [0.717, 1.165) is 0 Å². The Labute approximate surface area is 104 Å². The van der Waals surface area contributed by atoms with Gasteiger partial charge in [0.15, 0.2) is 0 Å². The third kappa shape index (κ3) is 2.19. The average Bonchev–Trinajstić information content (AvgIpc) is 2.64. The normalized spacial score (nSPS) is 10.5. The summed E-state index contributed by atoms with van der Waals surface area (Å²) in [5.74, 6) is -1.61. The zero-order valence-corrected chi connectivity index (χ0v) is 10.3. The lowest BCUT2D eigenvalue weighted by Crippen LogP contribution is -2.03. The molecular formula is C10H7BrFN3O2. The molecule has 0 amide bonds. The molecule has 0 aliphatic carbocycles. The van der Waals surface area contributed by atoms with Gasteiger partial charge < -0.3 is 5.11 Å². The maximum atomic E-state index is 13.1. The summed E-state index contributed by atoms with van der Waals surface area (Å²) in [6, 6.07) is 4.06. The standard InChI is InChI=1S/C10H7BrFN3O2/c1-5-13-9(10(16)17)14-15(5)8-4-6(12)2-3-7(8)11/h2-4H,1H3,(H,16,17). The van der Waals surface area contributed by atoms with Crippen molar-refractivity contribution in [3.8, 4) is 5.69 Å². The van der Waals surface area contributed by atoms with Crippen molar-refractivity contribution in [3.63, 3.8) is 0 Å². The van der Waals surface area contributed by atoms with E-state index in [9.17, 15) is 9.18 Å². The number of benzene rings is 1. The minimum Gasteiger partial charge on any atom is -0.475 e. The summed E-state index contributed by atoms with van der Waals surface area (Å²) in [7, 11) is 0. The topological polar surface area (TPSA) is 68.0 Å². The molecule has 0 spiro atoms. The lowest BCUT2D eigenvalue weighted by Gasteiger charge is -2.05. The Hall–Kier alpha value is -1.76. The molecule has 1 aromatic carbocycles. The Bertz CT molecular complexity index is 597. The molecule has 7 heteroatoms. The van der Waals surface area contributed by atoms with Crippen molar-refractivity contribution in [2.45, 2.75) is 6.92 Å². The van der Waals surface area contributed by atoms with Crippen molar-refractivity contribution in [1.29, 1.82) is 0 Å². The van der Waals surface area contributed by atoms with E-state index in [-0.39, 0.29) is 5.82 Å². The number of aromatic nitrogens is 3. The molecule has 2 rings (SSSR count). The lowest BCUT2D eigenvalue weighted by molar-refractivity contribution is 0.0683. The second kappa shape index (κ2) is 4.25. The minimum atomic E-state index is -1.22. The molecule has 0 radical (unpaired) electrons. The number of nitrogens with zero attached hydrogens (tertiary/aromatic N) is 3. The highest BCUT2D eigenvalue weighted by Gasteiger charge is 2.15. The highest BCUT2D eigenvalue weighted by atomic mass is 79.9. The highest BCUT2D eigenvalue weighted by molar-refractivity contribution is 9.10. The molecule has 0 saturated heterocycles. The first-order valence-electron chi connectivity index (χ1n) is 4.61. The number of halogens is 2.